The maximum Gasteiger partial charge on any atom is 0.494 e. The van der Waals surface area contributed by atoms with Crippen LogP contribution in [0.25, 0.3) is 105 Å². The monoisotopic (exact) mass is 1420 g/mol. The van der Waals surface area contributed by atoms with Gasteiger partial charge >= 0.3 is 7.12 Å². The van der Waals surface area contributed by atoms with Gasteiger partial charge in [0.2, 0.25) is 0 Å². The number of ether oxygens (including phenoxy) is 3. The third kappa shape index (κ3) is 12.0. The summed E-state index contributed by atoms with van der Waals surface area (Å²) in [4.78, 5) is 28.4. The minimum atomic E-state index is -0.371. The molecule has 3 N–H and O–H groups in total. The molecule has 5 atom stereocenters. The smallest absolute Gasteiger partial charge is 0.488 e. The Kier molecular flexibility index (Phi) is 17.4. The molecule has 472 valence electrons. The molecule has 3 aromatic heterocycles. The first-order valence-corrected chi connectivity index (χ1v) is 40.1. The number of aromatic amines is 3. The summed E-state index contributed by atoms with van der Waals surface area (Å²) in [5, 5.41) is 9.51. The van der Waals surface area contributed by atoms with Crippen LogP contribution in [-0.4, -0.2) is 87.0 Å². The van der Waals surface area contributed by atoms with Crippen LogP contribution in [0.2, 0.25) is 5.02 Å². The van der Waals surface area contributed by atoms with Crippen LogP contribution < -0.4 is 36.4 Å². The number of hydrogen-bond donors (Lipinski definition) is 3. The van der Waals surface area contributed by atoms with Gasteiger partial charge < -0.3 is 38.5 Å². The minimum absolute atomic E-state index is 0.356. The highest BCUT2D eigenvalue weighted by Crippen LogP contribution is 2.47. The van der Waals surface area contributed by atoms with E-state index in [0.717, 1.165) is 141 Å². The number of rotatable bonds is 7. The maximum atomic E-state index is 6.25. The summed E-state index contributed by atoms with van der Waals surface area (Å²) in [6.07, 6.45) is 8.29. The van der Waals surface area contributed by atoms with Gasteiger partial charge in [-0.3, -0.25) is 4.99 Å². The van der Waals surface area contributed by atoms with Crippen molar-refractivity contribution in [2.75, 3.05) is 33.3 Å². The van der Waals surface area contributed by atoms with Gasteiger partial charge in [-0.15, -0.1) is 0 Å². The number of halogens is 2. The van der Waals surface area contributed by atoms with Crippen molar-refractivity contribution in [3.05, 3.63) is 182 Å². The average molecular weight is 1420 g/mol. The Balaban J connectivity index is 0.000000110. The van der Waals surface area contributed by atoms with Gasteiger partial charge in [0.25, 0.3) is 0 Å². The number of aromatic nitrogens is 6. The van der Waals surface area contributed by atoms with Gasteiger partial charge in [-0.05, 0) is 217 Å². The zero-order valence-corrected chi connectivity index (χ0v) is 60.9. The van der Waals surface area contributed by atoms with Crippen molar-refractivity contribution >= 4 is 166 Å². The third-order valence-corrected chi connectivity index (χ3v) is 23.6. The van der Waals surface area contributed by atoms with E-state index in [9.17, 15) is 0 Å². The van der Waals surface area contributed by atoms with E-state index in [2.05, 4.69) is 223 Å². The molecule has 12 nitrogen and oxygen atoms in total. The molecular weight excluding hydrogens is 1350 g/mol. The van der Waals surface area contributed by atoms with E-state index in [-0.39, 0.29) is 18.3 Å². The van der Waals surface area contributed by atoms with E-state index in [1.807, 2.05) is 24.5 Å². The van der Waals surface area contributed by atoms with Gasteiger partial charge in [0.15, 0.2) is 0 Å². The number of hydrogen-bond acceptors (Lipinski definition) is 9. The first-order chi connectivity index (χ1) is 45.5. The topological polar surface area (TPSA) is 145 Å². The number of nitrogens with zero attached hydrogens (tertiary/aromatic N) is 4. The highest BCUT2D eigenvalue weighted by atomic mass is 79.9. The molecule has 0 saturated carbocycles. The summed E-state index contributed by atoms with van der Waals surface area (Å²) in [6.45, 7) is 20.8. The summed E-state index contributed by atoms with van der Waals surface area (Å²) in [5.41, 5.74) is 24.6. The Morgan fingerprint density at radius 2 is 1.05 bits per heavy atom. The molecule has 20 heteroatoms. The molecule has 0 bridgehead atoms. The second kappa shape index (κ2) is 25.7. The Morgan fingerprint density at radius 1 is 0.521 bits per heavy atom. The zero-order chi connectivity index (χ0) is 64.7. The Hall–Kier alpha value is -6.64. The molecular formula is C74H69BBrClN7O5P5. The fourth-order valence-electron chi connectivity index (χ4n) is 13.1. The first-order valence-electron chi connectivity index (χ1n) is 31.4. The lowest BCUT2D eigenvalue weighted by Crippen LogP contribution is -2.41. The number of H-pyrrole nitrogens is 3. The van der Waals surface area contributed by atoms with E-state index in [4.69, 9.17) is 45.1 Å². The van der Waals surface area contributed by atoms with E-state index in [1.54, 1.807) is 5.31 Å². The molecule has 5 aliphatic heterocycles. The number of benzene rings is 9. The van der Waals surface area contributed by atoms with Crippen molar-refractivity contribution in [2.45, 2.75) is 71.6 Å². The average Bonchev–Trinajstić information content (AvgIpc) is 1.23. The molecule has 8 heterocycles. The fourth-order valence-corrected chi connectivity index (χ4v) is 16.5. The van der Waals surface area contributed by atoms with E-state index in [0.29, 0.717) is 45.6 Å². The van der Waals surface area contributed by atoms with Gasteiger partial charge in [-0.25, -0.2) is 15.0 Å². The molecule has 0 spiro atoms. The standard InChI is InChI=1S/C25H26BN2O3P.C25H22N2OP2.C19H14ClN2OP.C5H7BrNP/c1-24(2)25(3,4)31-26(30-24)16-7-8-17-15(10-16)13-29-21-12-18-14(11-19(17)21)6-9-20-22(18)28-23(27-20)32-5;1-29-18-8-14-3-4-15-9-22-19-6-5-16(23-12-26-25(27-23)30-2)7-17(19)13-28-24(22)11-21(15)20(14)10-18;1-24-19-21-16-5-2-10-7-15-13-4-3-12(20)6-11(13)9-23-17(15)8-14(10)18(16)22-19;1-8-5-2-4(6)3-7-5/h6-12,32H,13H2,1-5H3,(H,27,28);3-9,11-12,29-30H,10,13H2,1-2H3,(H,26,27);2-8,24H,9H2,1H3,(H,21,22);3,8H,2H2,1H3. The number of allylic oxidation sites excluding steroid dienone is 2. The SMILES string of the molecule is CPC1=Cc2ccc3cc4c(cc3c2C1)OCc1cc(-c2cnc(PC)[nH]2)ccc1-4.CPC1=NC=C(Br)C1.CPc1nc2c(ccc3cc4c(cc32)OCc2cc(B3OC(C)(C)C(C)(C)O3)ccc2-4)[nH]1.CPc1nc2c(ccc3cc4c(cc32)OCc2cc(Cl)ccc2-4)[nH]1. The molecule has 1 fully saturated rings. The molecule has 1 saturated heterocycles. The van der Waals surface area contributed by atoms with E-state index in [1.165, 1.54) is 70.4 Å². The second-order valence-corrected chi connectivity index (χ2v) is 31.6. The van der Waals surface area contributed by atoms with Gasteiger partial charge in [-0.2, -0.15) is 0 Å². The van der Waals surface area contributed by atoms with Crippen LogP contribution in [0.3, 0.4) is 0 Å². The lowest BCUT2D eigenvalue weighted by Gasteiger charge is -2.32. The Morgan fingerprint density at radius 3 is 1.59 bits per heavy atom. The molecule has 1 aliphatic carbocycles. The van der Waals surface area contributed by atoms with Crippen molar-refractivity contribution in [3.8, 4) is 61.9 Å². The van der Waals surface area contributed by atoms with Crippen LogP contribution in [0.5, 0.6) is 17.2 Å². The van der Waals surface area contributed by atoms with Crippen LogP contribution in [0.15, 0.2) is 155 Å². The predicted octanol–water partition coefficient (Wildman–Crippen LogP) is 17.6. The Bertz CT molecular complexity index is 5160. The highest BCUT2D eigenvalue weighted by Gasteiger charge is 2.52. The normalized spacial score (nSPS) is 16.3. The van der Waals surface area contributed by atoms with Crippen LogP contribution in [-0.2, 0) is 35.6 Å². The molecule has 94 heavy (non-hydrogen) atoms. The number of fused-ring (bicyclic) bond motifs is 18. The van der Waals surface area contributed by atoms with Crippen LogP contribution in [0.1, 0.15) is 61.9 Å². The van der Waals surface area contributed by atoms with Crippen LogP contribution in [0, 0.1) is 0 Å². The van der Waals surface area contributed by atoms with Gasteiger partial charge in [0.05, 0.1) is 45.2 Å². The predicted molar refractivity (Wildman–Crippen MR) is 410 cm³/mol. The maximum absolute atomic E-state index is 6.25. The van der Waals surface area contributed by atoms with Gasteiger partial charge in [0.1, 0.15) is 53.8 Å². The highest BCUT2D eigenvalue weighted by molar-refractivity contribution is 9.11. The van der Waals surface area contributed by atoms with Crippen molar-refractivity contribution in [1.82, 2.24) is 29.9 Å². The molecule has 12 aromatic rings. The summed E-state index contributed by atoms with van der Waals surface area (Å²) in [6, 6.07) is 45.4. The van der Waals surface area contributed by atoms with E-state index < -0.39 is 0 Å². The molecule has 9 aromatic carbocycles. The minimum Gasteiger partial charge on any atom is -0.488 e. The van der Waals surface area contributed by atoms with E-state index >= 15 is 0 Å². The number of imidazole rings is 3. The molecule has 5 unspecified atom stereocenters. The molecule has 18 rings (SSSR count). The fraction of sp³-hybridized carbons (Fsp3) is 0.216. The van der Waals surface area contributed by atoms with Crippen LogP contribution in [0.4, 0.5) is 0 Å². The Labute approximate surface area is 569 Å². The molecule has 6 aliphatic rings. The lowest BCUT2D eigenvalue weighted by atomic mass is 9.77. The van der Waals surface area contributed by atoms with Gasteiger partial charge in [0, 0.05) is 55.0 Å². The quantitative estimate of drug-likeness (QED) is 0.106. The number of aliphatic imine (C=N–C) groups is 1. The lowest BCUT2D eigenvalue weighted by molar-refractivity contribution is 0.00578. The number of nitrogens with one attached hydrogen (secondary N) is 3. The van der Waals surface area contributed by atoms with Crippen LogP contribution >= 0.6 is 70.4 Å². The summed E-state index contributed by atoms with van der Waals surface area (Å²) < 4.78 is 32.2. The zero-order valence-electron chi connectivity index (χ0n) is 53.6. The first kappa shape index (κ1) is 63.4. The summed E-state index contributed by atoms with van der Waals surface area (Å²) >= 11 is 9.48. The summed E-state index contributed by atoms with van der Waals surface area (Å²) in [5.74, 6) is 2.82. The van der Waals surface area contributed by atoms with Crippen molar-refractivity contribution in [3.63, 3.8) is 0 Å². The largest absolute Gasteiger partial charge is 0.494 e. The van der Waals surface area contributed by atoms with Crippen molar-refractivity contribution < 1.29 is 23.5 Å². The molecule has 0 amide bonds. The second-order valence-electron chi connectivity index (χ2n) is 25.1. The summed E-state index contributed by atoms with van der Waals surface area (Å²) in [7, 11) is 3.34. The third-order valence-electron chi connectivity index (χ3n) is 18.9. The van der Waals surface area contributed by atoms with Crippen molar-refractivity contribution in [2.24, 2.45) is 4.99 Å². The molecule has 0 radical (unpaired) electrons. The van der Waals surface area contributed by atoms with Crippen molar-refractivity contribution in [1.29, 1.82) is 0 Å². The van der Waals surface area contributed by atoms with Gasteiger partial charge in [-0.1, -0.05) is 137 Å².